The lowest BCUT2D eigenvalue weighted by Gasteiger charge is -2.11. The van der Waals surface area contributed by atoms with Crippen LogP contribution in [0.15, 0.2) is 65.6 Å². The van der Waals surface area contributed by atoms with Crippen molar-refractivity contribution in [3.05, 3.63) is 61.2 Å². The molecule has 0 unspecified atom stereocenters. The Morgan fingerprint density at radius 3 is 2.77 bits per heavy atom. The van der Waals surface area contributed by atoms with Crippen LogP contribution in [0, 0.1) is 0 Å². The van der Waals surface area contributed by atoms with E-state index >= 15 is 0 Å². The van der Waals surface area contributed by atoms with Crippen molar-refractivity contribution in [2.24, 2.45) is 0 Å². The second-order valence-electron chi connectivity index (χ2n) is 5.72. The number of hydrogen-bond donors (Lipinski definition) is 0. The Labute approximate surface area is 147 Å². The van der Waals surface area contributed by atoms with Crippen molar-refractivity contribution < 1.29 is 9.15 Å². The smallest absolute Gasteiger partial charge is 0.188 e. The van der Waals surface area contributed by atoms with Gasteiger partial charge in [-0.1, -0.05) is 18.2 Å². The summed E-state index contributed by atoms with van der Waals surface area (Å²) >= 11 is 0. The van der Waals surface area contributed by atoms with Crippen molar-refractivity contribution in [2.75, 3.05) is 7.11 Å². The molecule has 5 rings (SSSR count). The Bertz CT molecular complexity index is 1210. The van der Waals surface area contributed by atoms with Crippen LogP contribution in [0.2, 0.25) is 0 Å². The van der Waals surface area contributed by atoms with Gasteiger partial charge in [0.25, 0.3) is 0 Å². The summed E-state index contributed by atoms with van der Waals surface area (Å²) in [6.45, 7) is 0. The first-order chi connectivity index (χ1) is 12.9. The van der Waals surface area contributed by atoms with Gasteiger partial charge in [0, 0.05) is 11.6 Å². The highest BCUT2D eigenvalue weighted by Gasteiger charge is 2.19. The van der Waals surface area contributed by atoms with E-state index in [1.165, 1.54) is 0 Å². The van der Waals surface area contributed by atoms with Crippen molar-refractivity contribution in [1.29, 1.82) is 0 Å². The number of methoxy groups -OCH3 is 1. The number of rotatable bonds is 3. The van der Waals surface area contributed by atoms with Crippen LogP contribution >= 0.6 is 0 Å². The van der Waals surface area contributed by atoms with Gasteiger partial charge in [-0.15, -0.1) is 10.2 Å². The molecule has 0 spiro atoms. The molecule has 0 N–H and O–H groups in total. The summed E-state index contributed by atoms with van der Waals surface area (Å²) < 4.78 is 12.5. The Kier molecular flexibility index (Phi) is 3.18. The zero-order chi connectivity index (χ0) is 17.5. The molecular formula is C19H13N5O2. The molecule has 7 nitrogen and oxygen atoms in total. The predicted octanol–water partition coefficient (Wildman–Crippen LogP) is 3.61. The first-order valence-corrected chi connectivity index (χ1v) is 8.03. The Morgan fingerprint density at radius 2 is 2.00 bits per heavy atom. The van der Waals surface area contributed by atoms with Gasteiger partial charge in [0.2, 0.25) is 0 Å². The quantitative estimate of drug-likeness (QED) is 0.498. The van der Waals surface area contributed by atoms with Crippen molar-refractivity contribution in [1.82, 2.24) is 24.8 Å². The number of ether oxygens (including phenoxy) is 1. The van der Waals surface area contributed by atoms with Gasteiger partial charge in [-0.05, 0) is 24.3 Å². The number of aromatic nitrogens is 5. The third-order valence-electron chi connectivity index (χ3n) is 4.25. The first-order valence-electron chi connectivity index (χ1n) is 8.03. The molecule has 0 saturated carbocycles. The lowest BCUT2D eigenvalue weighted by molar-refractivity contribution is 0.420. The summed E-state index contributed by atoms with van der Waals surface area (Å²) in [7, 11) is 1.64. The summed E-state index contributed by atoms with van der Waals surface area (Å²) in [4.78, 5) is 4.47. The molecule has 4 aromatic heterocycles. The van der Waals surface area contributed by atoms with Crippen LogP contribution < -0.4 is 4.74 Å². The predicted molar refractivity (Wildman–Crippen MR) is 95.8 cm³/mol. The van der Waals surface area contributed by atoms with Gasteiger partial charge in [0.15, 0.2) is 11.5 Å². The summed E-state index contributed by atoms with van der Waals surface area (Å²) in [5.74, 6) is 1.32. The van der Waals surface area contributed by atoms with Gasteiger partial charge < -0.3 is 9.15 Å². The van der Waals surface area contributed by atoms with E-state index in [4.69, 9.17) is 14.3 Å². The Balaban J connectivity index is 1.95. The van der Waals surface area contributed by atoms with Crippen molar-refractivity contribution >= 4 is 16.4 Å². The molecule has 0 amide bonds. The number of nitrogens with zero attached hydrogens (tertiary/aromatic N) is 5. The molecule has 0 aliphatic rings. The molecule has 126 valence electrons. The van der Waals surface area contributed by atoms with E-state index in [0.29, 0.717) is 22.9 Å². The minimum Gasteiger partial charge on any atom is -0.496 e. The zero-order valence-electron chi connectivity index (χ0n) is 13.8. The molecule has 4 heterocycles. The average molecular weight is 343 g/mol. The maximum absolute atomic E-state index is 5.58. The molecule has 0 bridgehead atoms. The number of pyridine rings is 1. The van der Waals surface area contributed by atoms with E-state index in [2.05, 4.69) is 15.2 Å². The lowest BCUT2D eigenvalue weighted by atomic mass is 10.1. The molecule has 0 radical (unpaired) electrons. The van der Waals surface area contributed by atoms with Crippen molar-refractivity contribution in [3.63, 3.8) is 0 Å². The van der Waals surface area contributed by atoms with Crippen LogP contribution in [0.5, 0.6) is 5.75 Å². The number of furan rings is 1. The van der Waals surface area contributed by atoms with Crippen LogP contribution in [0.25, 0.3) is 39.2 Å². The minimum absolute atomic E-state index is 0.607. The van der Waals surface area contributed by atoms with Gasteiger partial charge in [-0.3, -0.25) is 4.98 Å². The van der Waals surface area contributed by atoms with E-state index in [-0.39, 0.29) is 0 Å². The highest BCUT2D eigenvalue weighted by Crippen LogP contribution is 2.35. The number of hydrogen-bond acceptors (Lipinski definition) is 6. The standard InChI is InChI=1S/C19H13N5O2/c1-25-15-7-4-5-13-16(15)17(14-6-2-3-9-20-14)23-24-18(21-22-19(13)24)12-8-10-26-11-12/h2-11H,1H3. The fourth-order valence-electron chi connectivity index (χ4n) is 3.08. The topological polar surface area (TPSA) is 78.3 Å². The first kappa shape index (κ1) is 14.6. The molecule has 0 fully saturated rings. The van der Waals surface area contributed by atoms with Crippen LogP contribution in [0.1, 0.15) is 0 Å². The van der Waals surface area contributed by atoms with Gasteiger partial charge in [-0.2, -0.15) is 9.61 Å². The molecule has 7 heteroatoms. The third kappa shape index (κ3) is 2.07. The van der Waals surface area contributed by atoms with E-state index in [1.54, 1.807) is 30.3 Å². The van der Waals surface area contributed by atoms with E-state index in [0.717, 1.165) is 22.0 Å². The highest BCUT2D eigenvalue weighted by atomic mass is 16.5. The Morgan fingerprint density at radius 1 is 1.04 bits per heavy atom. The number of fused-ring (bicyclic) bond motifs is 3. The maximum atomic E-state index is 5.58. The molecule has 5 aromatic rings. The third-order valence-corrected chi connectivity index (χ3v) is 4.25. The summed E-state index contributed by atoms with van der Waals surface area (Å²) in [6, 6.07) is 13.4. The highest BCUT2D eigenvalue weighted by molar-refractivity contribution is 6.05. The molecule has 0 saturated heterocycles. The van der Waals surface area contributed by atoms with Crippen LogP contribution in [0.3, 0.4) is 0 Å². The largest absolute Gasteiger partial charge is 0.496 e. The summed E-state index contributed by atoms with van der Waals surface area (Å²) in [6.07, 6.45) is 4.96. The fourth-order valence-corrected chi connectivity index (χ4v) is 3.08. The fraction of sp³-hybridized carbons (Fsp3) is 0.0526. The van der Waals surface area contributed by atoms with Crippen LogP contribution in [-0.4, -0.2) is 31.9 Å². The average Bonchev–Trinajstić information content (AvgIpc) is 3.37. The van der Waals surface area contributed by atoms with Crippen LogP contribution in [-0.2, 0) is 0 Å². The second-order valence-corrected chi connectivity index (χ2v) is 5.72. The molecular weight excluding hydrogens is 330 g/mol. The van der Waals surface area contributed by atoms with E-state index in [9.17, 15) is 0 Å². The van der Waals surface area contributed by atoms with Gasteiger partial charge in [-0.25, -0.2) is 0 Å². The van der Waals surface area contributed by atoms with Gasteiger partial charge >= 0.3 is 0 Å². The molecule has 26 heavy (non-hydrogen) atoms. The van der Waals surface area contributed by atoms with Crippen LogP contribution in [0.4, 0.5) is 0 Å². The number of benzene rings is 1. The van der Waals surface area contributed by atoms with Crippen molar-refractivity contribution in [3.8, 4) is 28.5 Å². The lowest BCUT2D eigenvalue weighted by Crippen LogP contribution is -2.01. The normalized spacial score (nSPS) is 11.3. The minimum atomic E-state index is 0.607. The Hall–Kier alpha value is -3.74. The molecule has 0 atom stereocenters. The maximum Gasteiger partial charge on any atom is 0.188 e. The van der Waals surface area contributed by atoms with E-state index < -0.39 is 0 Å². The van der Waals surface area contributed by atoms with Gasteiger partial charge in [0.1, 0.15) is 17.7 Å². The summed E-state index contributed by atoms with van der Waals surface area (Å²) in [5, 5.41) is 15.2. The molecule has 0 aliphatic heterocycles. The van der Waals surface area contributed by atoms with E-state index in [1.807, 2.05) is 42.5 Å². The zero-order valence-corrected chi connectivity index (χ0v) is 13.8. The van der Waals surface area contributed by atoms with Crippen molar-refractivity contribution in [2.45, 2.75) is 0 Å². The SMILES string of the molecule is COc1cccc2c1c(-c1ccccn1)nn1c(-c3ccoc3)nnc21. The molecule has 0 aliphatic carbocycles. The van der Waals surface area contributed by atoms with Gasteiger partial charge in [0.05, 0.1) is 30.0 Å². The summed E-state index contributed by atoms with van der Waals surface area (Å²) in [5.41, 5.74) is 2.90. The molecule has 1 aromatic carbocycles. The monoisotopic (exact) mass is 343 g/mol. The second kappa shape index (κ2) is 5.66.